The van der Waals surface area contributed by atoms with Crippen LogP contribution >= 0.6 is 0 Å². The van der Waals surface area contributed by atoms with E-state index in [1.54, 1.807) is 37.4 Å². The van der Waals surface area contributed by atoms with Crippen LogP contribution in [0.3, 0.4) is 0 Å². The van der Waals surface area contributed by atoms with E-state index in [9.17, 15) is 14.7 Å². The molecule has 1 unspecified atom stereocenters. The van der Waals surface area contributed by atoms with Crippen LogP contribution in [0, 0.1) is 5.92 Å². The van der Waals surface area contributed by atoms with Crippen molar-refractivity contribution in [2.24, 2.45) is 5.92 Å². The summed E-state index contributed by atoms with van der Waals surface area (Å²) in [6, 6.07) is 14.1. The highest BCUT2D eigenvalue weighted by Crippen LogP contribution is 2.21. The van der Waals surface area contributed by atoms with Crippen molar-refractivity contribution in [3.63, 3.8) is 0 Å². The Bertz CT molecular complexity index is 777. The molecule has 0 spiro atoms. The van der Waals surface area contributed by atoms with E-state index >= 15 is 0 Å². The zero-order chi connectivity index (χ0) is 19.6. The Morgan fingerprint density at radius 1 is 1.04 bits per heavy atom. The number of aliphatic carboxylic acids is 1. The molecule has 0 saturated carbocycles. The van der Waals surface area contributed by atoms with Gasteiger partial charge in [-0.15, -0.1) is 0 Å². The van der Waals surface area contributed by atoms with Crippen molar-refractivity contribution in [3.05, 3.63) is 54.1 Å². The average molecular weight is 373 g/mol. The van der Waals surface area contributed by atoms with Crippen LogP contribution in [-0.4, -0.2) is 44.4 Å². The van der Waals surface area contributed by atoms with E-state index in [4.69, 9.17) is 14.2 Å². The van der Waals surface area contributed by atoms with Gasteiger partial charge in [0.1, 0.15) is 17.2 Å². The first-order chi connectivity index (χ1) is 13.0. The van der Waals surface area contributed by atoms with Crippen LogP contribution in [0.15, 0.2) is 48.5 Å². The largest absolute Gasteiger partial charge is 0.497 e. The van der Waals surface area contributed by atoms with Gasteiger partial charge in [0.2, 0.25) is 0 Å². The third-order valence-electron chi connectivity index (χ3n) is 3.96. The van der Waals surface area contributed by atoms with Gasteiger partial charge in [-0.25, -0.2) is 0 Å². The predicted octanol–water partition coefficient (Wildman–Crippen LogP) is 2.14. The van der Waals surface area contributed by atoms with E-state index in [0.29, 0.717) is 17.2 Å². The molecule has 7 heteroatoms. The van der Waals surface area contributed by atoms with E-state index in [2.05, 4.69) is 5.32 Å². The van der Waals surface area contributed by atoms with Crippen molar-refractivity contribution < 1.29 is 28.9 Å². The number of nitrogens with one attached hydrogen (secondary N) is 1. The van der Waals surface area contributed by atoms with Crippen molar-refractivity contribution in [3.8, 4) is 17.2 Å². The molecule has 2 rings (SSSR count). The second-order valence-corrected chi connectivity index (χ2v) is 5.82. The van der Waals surface area contributed by atoms with Crippen LogP contribution in [0.1, 0.15) is 5.56 Å². The highest BCUT2D eigenvalue weighted by Gasteiger charge is 2.20. The molecule has 0 aliphatic rings. The Labute approximate surface area is 157 Å². The van der Waals surface area contributed by atoms with E-state index in [1.165, 1.54) is 7.11 Å². The third-order valence-corrected chi connectivity index (χ3v) is 3.96. The second-order valence-electron chi connectivity index (χ2n) is 5.82. The summed E-state index contributed by atoms with van der Waals surface area (Å²) in [7, 11) is 3.08. The number of ether oxygens (including phenoxy) is 3. The molecule has 144 valence electrons. The quantitative estimate of drug-likeness (QED) is 0.663. The molecule has 0 radical (unpaired) electrons. The van der Waals surface area contributed by atoms with Crippen LogP contribution in [0.4, 0.5) is 0 Å². The van der Waals surface area contributed by atoms with Gasteiger partial charge in [-0.05, 0) is 30.2 Å². The lowest BCUT2D eigenvalue weighted by Gasteiger charge is -2.15. The summed E-state index contributed by atoms with van der Waals surface area (Å²) < 4.78 is 15.7. The molecule has 27 heavy (non-hydrogen) atoms. The van der Waals surface area contributed by atoms with Crippen LogP contribution in [0.5, 0.6) is 17.2 Å². The summed E-state index contributed by atoms with van der Waals surface area (Å²) in [4.78, 5) is 23.5. The van der Waals surface area contributed by atoms with E-state index in [-0.39, 0.29) is 19.6 Å². The fourth-order valence-electron chi connectivity index (χ4n) is 2.51. The Morgan fingerprint density at radius 3 is 2.48 bits per heavy atom. The molecule has 0 fully saturated rings. The third kappa shape index (κ3) is 6.22. The van der Waals surface area contributed by atoms with Crippen LogP contribution < -0.4 is 19.5 Å². The number of carboxylic acids is 1. The summed E-state index contributed by atoms with van der Waals surface area (Å²) in [6.07, 6.45) is 0.246. The maximum Gasteiger partial charge on any atom is 0.308 e. The van der Waals surface area contributed by atoms with Crippen molar-refractivity contribution in [2.75, 3.05) is 27.4 Å². The Kier molecular flexibility index (Phi) is 7.49. The van der Waals surface area contributed by atoms with Gasteiger partial charge in [-0.1, -0.05) is 24.3 Å². The van der Waals surface area contributed by atoms with Crippen molar-refractivity contribution in [1.29, 1.82) is 0 Å². The molecule has 7 nitrogen and oxygen atoms in total. The number of para-hydroxylation sites is 1. The maximum absolute atomic E-state index is 12.0. The van der Waals surface area contributed by atoms with Gasteiger partial charge in [0.05, 0.1) is 20.1 Å². The Morgan fingerprint density at radius 2 is 1.78 bits per heavy atom. The molecule has 2 aromatic rings. The standard InChI is InChI=1S/C20H23NO6/c1-25-16-7-5-8-17(11-16)27-13-19(22)21-12-15(20(23)24)10-14-6-3-4-9-18(14)26-2/h3-9,11,15H,10,12-13H2,1-2H3,(H,21,22)(H,23,24). The molecule has 0 saturated heterocycles. The van der Waals surface area contributed by atoms with E-state index in [1.807, 2.05) is 18.2 Å². The fraction of sp³-hybridized carbons (Fsp3) is 0.300. The van der Waals surface area contributed by atoms with Crippen molar-refractivity contribution in [1.82, 2.24) is 5.32 Å². The molecule has 0 heterocycles. The zero-order valence-electron chi connectivity index (χ0n) is 15.3. The molecule has 1 atom stereocenters. The summed E-state index contributed by atoms with van der Waals surface area (Å²) in [5.41, 5.74) is 0.772. The highest BCUT2D eigenvalue weighted by molar-refractivity contribution is 5.78. The molecule has 0 aliphatic carbocycles. The number of amides is 1. The number of hydrogen-bond acceptors (Lipinski definition) is 5. The number of benzene rings is 2. The topological polar surface area (TPSA) is 94.1 Å². The predicted molar refractivity (Wildman–Crippen MR) is 99.3 cm³/mol. The monoisotopic (exact) mass is 373 g/mol. The van der Waals surface area contributed by atoms with Crippen LogP contribution in [0.25, 0.3) is 0 Å². The zero-order valence-corrected chi connectivity index (χ0v) is 15.3. The van der Waals surface area contributed by atoms with Gasteiger partial charge < -0.3 is 24.6 Å². The number of carbonyl (C=O) groups is 2. The highest BCUT2D eigenvalue weighted by atomic mass is 16.5. The normalized spacial score (nSPS) is 11.3. The minimum absolute atomic E-state index is 0.00626. The maximum atomic E-state index is 12.0. The number of methoxy groups -OCH3 is 2. The molecule has 2 N–H and O–H groups in total. The minimum atomic E-state index is -0.991. The molecule has 1 amide bonds. The van der Waals surface area contributed by atoms with Crippen molar-refractivity contribution in [2.45, 2.75) is 6.42 Å². The lowest BCUT2D eigenvalue weighted by atomic mass is 9.98. The first kappa shape index (κ1) is 20.1. The summed E-state index contributed by atoms with van der Waals surface area (Å²) in [6.45, 7) is -0.220. The lowest BCUT2D eigenvalue weighted by molar-refractivity contribution is -0.141. The van der Waals surface area contributed by atoms with Gasteiger partial charge in [-0.3, -0.25) is 9.59 Å². The molecule has 0 aliphatic heterocycles. The first-order valence-electron chi connectivity index (χ1n) is 8.41. The molecular formula is C20H23NO6. The van der Waals surface area contributed by atoms with Crippen LogP contribution in [0.2, 0.25) is 0 Å². The summed E-state index contributed by atoms with van der Waals surface area (Å²) in [5.74, 6) is -0.429. The first-order valence-corrected chi connectivity index (χ1v) is 8.41. The smallest absolute Gasteiger partial charge is 0.308 e. The number of carboxylic acid groups (broad SMARTS) is 1. The fourth-order valence-corrected chi connectivity index (χ4v) is 2.51. The van der Waals surface area contributed by atoms with Gasteiger partial charge >= 0.3 is 5.97 Å². The van der Waals surface area contributed by atoms with Gasteiger partial charge in [-0.2, -0.15) is 0 Å². The van der Waals surface area contributed by atoms with Gasteiger partial charge in [0.15, 0.2) is 6.61 Å². The minimum Gasteiger partial charge on any atom is -0.497 e. The molecular weight excluding hydrogens is 350 g/mol. The van der Waals surface area contributed by atoms with E-state index in [0.717, 1.165) is 5.56 Å². The Hall–Kier alpha value is -3.22. The SMILES string of the molecule is COc1cccc(OCC(=O)NCC(Cc2ccccc2OC)C(=O)O)c1. The average Bonchev–Trinajstić information content (AvgIpc) is 2.69. The number of hydrogen-bond donors (Lipinski definition) is 2. The van der Waals surface area contributed by atoms with Gasteiger partial charge in [0, 0.05) is 12.6 Å². The second kappa shape index (κ2) is 10.1. The molecule has 0 aromatic heterocycles. The number of carbonyl (C=O) groups excluding carboxylic acids is 1. The molecule has 0 bridgehead atoms. The summed E-state index contributed by atoms with van der Waals surface area (Å²) in [5, 5.41) is 12.0. The van der Waals surface area contributed by atoms with Crippen LogP contribution in [-0.2, 0) is 16.0 Å². The van der Waals surface area contributed by atoms with Gasteiger partial charge in [0.25, 0.3) is 5.91 Å². The Balaban J connectivity index is 1.87. The molecule has 2 aromatic carbocycles. The lowest BCUT2D eigenvalue weighted by Crippen LogP contribution is -2.36. The van der Waals surface area contributed by atoms with E-state index < -0.39 is 17.8 Å². The number of rotatable bonds is 10. The summed E-state index contributed by atoms with van der Waals surface area (Å²) >= 11 is 0. The van der Waals surface area contributed by atoms with Crippen molar-refractivity contribution >= 4 is 11.9 Å².